The fourth-order valence-electron chi connectivity index (χ4n) is 2.30. The lowest BCUT2D eigenvalue weighted by molar-refractivity contribution is -0.140. The average Bonchev–Trinajstić information content (AvgIpc) is 2.85. The summed E-state index contributed by atoms with van der Waals surface area (Å²) in [6, 6.07) is -0.766. The molecular weight excluding hydrogens is 240 g/mol. The first-order valence-electron chi connectivity index (χ1n) is 5.86. The quantitative estimate of drug-likeness (QED) is 0.766. The Bertz CT molecular complexity index is 327. The number of aliphatic carboxylic acids is 1. The summed E-state index contributed by atoms with van der Waals surface area (Å²) >= 11 is 1.50. The number of carbonyl (C=O) groups is 2. The van der Waals surface area contributed by atoms with Gasteiger partial charge in [0.2, 0.25) is 0 Å². The highest BCUT2D eigenvalue weighted by molar-refractivity contribution is 7.99. The van der Waals surface area contributed by atoms with E-state index in [2.05, 4.69) is 13.8 Å². The molecule has 2 amide bonds. The molecule has 5 nitrogen and oxygen atoms in total. The molecule has 0 aliphatic carbocycles. The standard InChI is InChI=1S/C11H18N2O3S/c1-7-3-12(4-8(7)2)11(16)13-6-17-5-9(13)10(14)15/h7-9H,3-6H2,1-2H3,(H,14,15). The first-order valence-corrected chi connectivity index (χ1v) is 7.02. The van der Waals surface area contributed by atoms with Gasteiger partial charge in [-0.1, -0.05) is 13.8 Å². The maximum atomic E-state index is 12.2. The molecule has 1 N–H and O–H groups in total. The monoisotopic (exact) mass is 258 g/mol. The smallest absolute Gasteiger partial charge is 0.327 e. The normalized spacial score (nSPS) is 33.2. The molecule has 2 heterocycles. The summed E-state index contributed by atoms with van der Waals surface area (Å²) in [7, 11) is 0. The van der Waals surface area contributed by atoms with Crippen LogP contribution in [0.2, 0.25) is 0 Å². The van der Waals surface area contributed by atoms with E-state index in [1.54, 1.807) is 4.90 Å². The molecule has 0 aromatic rings. The van der Waals surface area contributed by atoms with Crippen molar-refractivity contribution < 1.29 is 14.7 Å². The highest BCUT2D eigenvalue weighted by Gasteiger charge is 2.39. The van der Waals surface area contributed by atoms with Crippen molar-refractivity contribution >= 4 is 23.8 Å². The zero-order chi connectivity index (χ0) is 12.6. The van der Waals surface area contributed by atoms with E-state index in [9.17, 15) is 9.59 Å². The van der Waals surface area contributed by atoms with Crippen LogP contribution in [0.25, 0.3) is 0 Å². The van der Waals surface area contributed by atoms with E-state index in [0.29, 0.717) is 23.5 Å². The zero-order valence-corrected chi connectivity index (χ0v) is 10.9. The van der Waals surface area contributed by atoms with Crippen LogP contribution >= 0.6 is 11.8 Å². The Labute approximate surface area is 105 Å². The molecule has 0 radical (unpaired) electrons. The van der Waals surface area contributed by atoms with Crippen LogP contribution in [-0.2, 0) is 4.79 Å². The topological polar surface area (TPSA) is 60.9 Å². The van der Waals surface area contributed by atoms with Gasteiger partial charge in [-0.25, -0.2) is 9.59 Å². The summed E-state index contributed by atoms with van der Waals surface area (Å²) in [5, 5.41) is 9.05. The Balaban J connectivity index is 2.03. The van der Waals surface area contributed by atoms with Crippen molar-refractivity contribution in [3.05, 3.63) is 0 Å². The molecule has 2 rings (SSSR count). The van der Waals surface area contributed by atoms with Gasteiger partial charge in [0.05, 0.1) is 5.88 Å². The first-order chi connectivity index (χ1) is 8.00. The van der Waals surface area contributed by atoms with Crippen LogP contribution in [0.3, 0.4) is 0 Å². The minimum atomic E-state index is -0.899. The maximum Gasteiger partial charge on any atom is 0.327 e. The number of carboxylic acid groups (broad SMARTS) is 1. The summed E-state index contributed by atoms with van der Waals surface area (Å²) in [6.45, 7) is 5.75. The number of urea groups is 1. The van der Waals surface area contributed by atoms with E-state index in [1.807, 2.05) is 0 Å². The van der Waals surface area contributed by atoms with E-state index in [4.69, 9.17) is 5.11 Å². The molecule has 17 heavy (non-hydrogen) atoms. The molecular formula is C11H18N2O3S. The Morgan fingerprint density at radius 1 is 1.24 bits per heavy atom. The van der Waals surface area contributed by atoms with Gasteiger partial charge < -0.3 is 14.9 Å². The molecule has 0 aromatic heterocycles. The number of carbonyl (C=O) groups excluding carboxylic acids is 1. The molecule has 2 fully saturated rings. The van der Waals surface area contributed by atoms with Crippen LogP contribution in [0.5, 0.6) is 0 Å². The van der Waals surface area contributed by atoms with Gasteiger partial charge in [0.1, 0.15) is 6.04 Å². The molecule has 2 saturated heterocycles. The molecule has 2 aliphatic heterocycles. The molecule has 0 aromatic carbocycles. The lowest BCUT2D eigenvalue weighted by Gasteiger charge is -2.26. The summed E-state index contributed by atoms with van der Waals surface area (Å²) in [6.07, 6.45) is 0. The Kier molecular flexibility index (Phi) is 3.51. The van der Waals surface area contributed by atoms with Gasteiger partial charge in [0, 0.05) is 18.8 Å². The predicted molar refractivity (Wildman–Crippen MR) is 65.9 cm³/mol. The number of nitrogens with zero attached hydrogens (tertiary/aromatic N) is 2. The van der Waals surface area contributed by atoms with Crippen molar-refractivity contribution in [2.75, 3.05) is 24.7 Å². The number of carboxylic acids is 1. The second kappa shape index (κ2) is 4.76. The molecule has 3 atom stereocenters. The molecule has 3 unspecified atom stereocenters. The van der Waals surface area contributed by atoms with Crippen LogP contribution in [0, 0.1) is 11.8 Å². The summed E-state index contributed by atoms with van der Waals surface area (Å²) in [5.41, 5.74) is 0. The van der Waals surface area contributed by atoms with Gasteiger partial charge in [-0.2, -0.15) is 0 Å². The molecule has 2 aliphatic rings. The largest absolute Gasteiger partial charge is 0.480 e. The van der Waals surface area contributed by atoms with Crippen molar-refractivity contribution in [3.8, 4) is 0 Å². The summed E-state index contributed by atoms with van der Waals surface area (Å²) < 4.78 is 0. The predicted octanol–water partition coefficient (Wildman–Crippen LogP) is 1.15. The third kappa shape index (κ3) is 2.36. The van der Waals surface area contributed by atoms with Gasteiger partial charge in [-0.3, -0.25) is 0 Å². The van der Waals surface area contributed by atoms with E-state index >= 15 is 0 Å². The number of hydrogen-bond donors (Lipinski definition) is 1. The molecule has 96 valence electrons. The highest BCUT2D eigenvalue weighted by Crippen LogP contribution is 2.27. The number of amides is 2. The lowest BCUT2D eigenvalue weighted by Crippen LogP contribution is -2.48. The minimum Gasteiger partial charge on any atom is -0.480 e. The van der Waals surface area contributed by atoms with E-state index in [-0.39, 0.29) is 6.03 Å². The van der Waals surface area contributed by atoms with Crippen LogP contribution in [0.4, 0.5) is 4.79 Å². The van der Waals surface area contributed by atoms with Crippen LogP contribution in [0.1, 0.15) is 13.8 Å². The fraction of sp³-hybridized carbons (Fsp3) is 0.818. The van der Waals surface area contributed by atoms with Crippen molar-refractivity contribution in [2.24, 2.45) is 11.8 Å². The molecule has 0 bridgehead atoms. The van der Waals surface area contributed by atoms with Gasteiger partial charge in [-0.15, -0.1) is 11.8 Å². The third-order valence-electron chi connectivity index (χ3n) is 3.67. The van der Waals surface area contributed by atoms with Crippen LogP contribution in [0.15, 0.2) is 0 Å². The second-order valence-electron chi connectivity index (χ2n) is 4.97. The van der Waals surface area contributed by atoms with Gasteiger partial charge in [0.25, 0.3) is 0 Å². The minimum absolute atomic E-state index is 0.112. The first kappa shape index (κ1) is 12.5. The highest BCUT2D eigenvalue weighted by atomic mass is 32.2. The van der Waals surface area contributed by atoms with E-state index in [0.717, 1.165) is 13.1 Å². The zero-order valence-electron chi connectivity index (χ0n) is 10.1. The number of likely N-dealkylation sites (tertiary alicyclic amines) is 1. The number of thioether (sulfide) groups is 1. The van der Waals surface area contributed by atoms with Crippen LogP contribution in [-0.4, -0.2) is 57.7 Å². The number of hydrogen-bond acceptors (Lipinski definition) is 3. The average molecular weight is 258 g/mol. The second-order valence-corrected chi connectivity index (χ2v) is 5.97. The van der Waals surface area contributed by atoms with Crippen LogP contribution < -0.4 is 0 Å². The van der Waals surface area contributed by atoms with Gasteiger partial charge in [0.15, 0.2) is 0 Å². The number of rotatable bonds is 1. The van der Waals surface area contributed by atoms with Gasteiger partial charge in [-0.05, 0) is 11.8 Å². The van der Waals surface area contributed by atoms with Crippen molar-refractivity contribution in [1.29, 1.82) is 0 Å². The van der Waals surface area contributed by atoms with Crippen molar-refractivity contribution in [3.63, 3.8) is 0 Å². The van der Waals surface area contributed by atoms with E-state index in [1.165, 1.54) is 16.7 Å². The summed E-state index contributed by atoms with van der Waals surface area (Å²) in [4.78, 5) is 26.5. The van der Waals surface area contributed by atoms with Gasteiger partial charge >= 0.3 is 12.0 Å². The Morgan fingerprint density at radius 3 is 2.35 bits per heavy atom. The van der Waals surface area contributed by atoms with E-state index < -0.39 is 12.0 Å². The van der Waals surface area contributed by atoms with Crippen molar-refractivity contribution in [2.45, 2.75) is 19.9 Å². The SMILES string of the molecule is CC1CN(C(=O)N2CSCC2C(=O)O)CC1C. The molecule has 0 spiro atoms. The summed E-state index contributed by atoms with van der Waals surface area (Å²) in [5.74, 6) is 1.09. The molecule has 0 saturated carbocycles. The lowest BCUT2D eigenvalue weighted by atomic mass is 10.0. The Morgan fingerprint density at radius 2 is 1.82 bits per heavy atom. The fourth-order valence-corrected chi connectivity index (χ4v) is 3.44. The van der Waals surface area contributed by atoms with Crippen molar-refractivity contribution in [1.82, 2.24) is 9.80 Å². The Hall–Kier alpha value is -0.910. The molecule has 6 heteroatoms. The maximum absolute atomic E-state index is 12.2. The third-order valence-corrected chi connectivity index (χ3v) is 4.68.